The number of anilines is 4. The SMILES string of the molecule is CN(CC1(c2ccccc2)CC1)c1nc(C(F)(F)F)c(C(=O)Nc2ccc(N3CCN(C(=O)Nc4ccccc4F)CC3)nc2)o1. The summed E-state index contributed by atoms with van der Waals surface area (Å²) >= 11 is 0. The zero-order chi connectivity index (χ0) is 32.5. The van der Waals surface area contributed by atoms with Crippen LogP contribution < -0.4 is 20.4 Å². The molecule has 46 heavy (non-hydrogen) atoms. The van der Waals surface area contributed by atoms with Gasteiger partial charge >= 0.3 is 12.2 Å². The minimum Gasteiger partial charge on any atom is -0.417 e. The molecule has 2 aliphatic rings. The van der Waals surface area contributed by atoms with E-state index >= 15 is 0 Å². The summed E-state index contributed by atoms with van der Waals surface area (Å²) in [6, 6.07) is 18.1. The normalized spacial score (nSPS) is 15.8. The van der Waals surface area contributed by atoms with Gasteiger partial charge in [0.05, 0.1) is 17.6 Å². The highest BCUT2D eigenvalue weighted by atomic mass is 19.4. The van der Waals surface area contributed by atoms with Crippen molar-refractivity contribution in [3.63, 3.8) is 0 Å². The maximum Gasteiger partial charge on any atom is 0.437 e. The minimum absolute atomic E-state index is 0.0971. The van der Waals surface area contributed by atoms with Crippen molar-refractivity contribution < 1.29 is 31.6 Å². The van der Waals surface area contributed by atoms with Crippen LogP contribution in [0.4, 0.5) is 45.6 Å². The van der Waals surface area contributed by atoms with Gasteiger partial charge in [-0.25, -0.2) is 14.2 Å². The topological polar surface area (TPSA) is 107 Å². The molecule has 0 spiro atoms. The van der Waals surface area contributed by atoms with Crippen LogP contribution in [0.3, 0.4) is 0 Å². The van der Waals surface area contributed by atoms with Crippen LogP contribution in [0.15, 0.2) is 77.3 Å². The fraction of sp³-hybridized carbons (Fsp3) is 0.312. The van der Waals surface area contributed by atoms with Crippen molar-refractivity contribution in [1.29, 1.82) is 0 Å². The molecule has 0 unspecified atom stereocenters. The van der Waals surface area contributed by atoms with Crippen molar-refractivity contribution in [3.05, 3.63) is 95.8 Å². The number of nitrogens with zero attached hydrogens (tertiary/aromatic N) is 5. The molecule has 0 bridgehead atoms. The number of rotatable bonds is 8. The van der Waals surface area contributed by atoms with E-state index in [0.717, 1.165) is 18.4 Å². The monoisotopic (exact) mass is 637 g/mol. The van der Waals surface area contributed by atoms with Gasteiger partial charge in [-0.3, -0.25) is 4.79 Å². The number of benzene rings is 2. The lowest BCUT2D eigenvalue weighted by Crippen LogP contribution is -2.50. The highest BCUT2D eigenvalue weighted by Crippen LogP contribution is 2.49. The standard InChI is InChI=1S/C32H31F4N7O3/c1-41(20-31(13-14-31)21-7-3-2-4-8-21)30-40-27(32(34,35)36)26(46-30)28(44)38-22-11-12-25(37-19-22)42-15-17-43(18-16-42)29(45)39-24-10-6-5-9-23(24)33/h2-12,19H,13-18,20H2,1H3,(H,38,44)(H,39,45). The molecule has 0 atom stereocenters. The summed E-state index contributed by atoms with van der Waals surface area (Å²) in [6.45, 7) is 1.98. The first-order valence-electron chi connectivity index (χ1n) is 14.7. The van der Waals surface area contributed by atoms with Crippen molar-refractivity contribution in [2.75, 3.05) is 60.2 Å². The number of para-hydroxylation sites is 1. The third-order valence-corrected chi connectivity index (χ3v) is 8.21. The van der Waals surface area contributed by atoms with Crippen LogP contribution in [0.25, 0.3) is 0 Å². The van der Waals surface area contributed by atoms with Crippen LogP contribution >= 0.6 is 0 Å². The molecule has 3 heterocycles. The first-order chi connectivity index (χ1) is 22.0. The Hall–Kier alpha value is -5.14. The zero-order valence-corrected chi connectivity index (χ0v) is 24.9. The molecule has 2 N–H and O–H groups in total. The molecule has 240 valence electrons. The molecule has 1 saturated carbocycles. The van der Waals surface area contributed by atoms with Crippen LogP contribution in [-0.2, 0) is 11.6 Å². The summed E-state index contributed by atoms with van der Waals surface area (Å²) < 4.78 is 61.1. The molecule has 1 saturated heterocycles. The van der Waals surface area contributed by atoms with Crippen molar-refractivity contribution >= 4 is 35.1 Å². The van der Waals surface area contributed by atoms with Gasteiger partial charge in [0.25, 0.3) is 11.9 Å². The summed E-state index contributed by atoms with van der Waals surface area (Å²) in [5, 5.41) is 4.99. The largest absolute Gasteiger partial charge is 0.437 e. The lowest BCUT2D eigenvalue weighted by molar-refractivity contribution is -0.141. The minimum atomic E-state index is -4.91. The van der Waals surface area contributed by atoms with E-state index in [9.17, 15) is 27.2 Å². The van der Waals surface area contributed by atoms with E-state index in [1.165, 1.54) is 35.4 Å². The number of amides is 3. The predicted molar refractivity (Wildman–Crippen MR) is 164 cm³/mol. The van der Waals surface area contributed by atoms with Gasteiger partial charge in [0.2, 0.25) is 5.76 Å². The number of hydrogen-bond acceptors (Lipinski definition) is 7. The van der Waals surface area contributed by atoms with E-state index in [1.807, 2.05) is 35.2 Å². The van der Waals surface area contributed by atoms with E-state index in [2.05, 4.69) is 20.6 Å². The number of aromatic nitrogens is 2. The lowest BCUT2D eigenvalue weighted by Gasteiger charge is -2.35. The average Bonchev–Trinajstić information content (AvgIpc) is 3.67. The smallest absolute Gasteiger partial charge is 0.417 e. The van der Waals surface area contributed by atoms with E-state index in [4.69, 9.17) is 4.42 Å². The summed E-state index contributed by atoms with van der Waals surface area (Å²) in [7, 11) is 1.59. The number of likely N-dealkylation sites (N-methyl/N-ethyl adjacent to an activating group) is 1. The lowest BCUT2D eigenvalue weighted by atomic mass is 9.96. The molecular weight excluding hydrogens is 606 g/mol. The first-order valence-corrected chi connectivity index (χ1v) is 14.7. The molecule has 3 amide bonds. The number of halogens is 4. The Kier molecular flexibility index (Phi) is 8.28. The summed E-state index contributed by atoms with van der Waals surface area (Å²) in [4.78, 5) is 38.6. The van der Waals surface area contributed by atoms with Crippen LogP contribution in [0.5, 0.6) is 0 Å². The number of oxazole rings is 1. The van der Waals surface area contributed by atoms with Gasteiger partial charge in [0.15, 0.2) is 5.69 Å². The maximum absolute atomic E-state index is 13.9. The summed E-state index contributed by atoms with van der Waals surface area (Å²) in [5.41, 5.74) is -0.264. The second kappa shape index (κ2) is 12.3. The molecule has 2 aromatic heterocycles. The Labute approximate surface area is 262 Å². The molecule has 10 nitrogen and oxygen atoms in total. The van der Waals surface area contributed by atoms with E-state index in [-0.39, 0.29) is 22.8 Å². The van der Waals surface area contributed by atoms with Gasteiger partial charge in [-0.2, -0.15) is 18.2 Å². The van der Waals surface area contributed by atoms with Crippen LogP contribution in [0, 0.1) is 5.82 Å². The van der Waals surface area contributed by atoms with Gasteiger partial charge in [-0.05, 0) is 42.7 Å². The average molecular weight is 638 g/mol. The van der Waals surface area contributed by atoms with Crippen molar-refractivity contribution in [2.24, 2.45) is 0 Å². The molecular formula is C32H31F4N7O3. The van der Waals surface area contributed by atoms with E-state index in [0.29, 0.717) is 38.5 Å². The Morgan fingerprint density at radius 2 is 1.65 bits per heavy atom. The Morgan fingerprint density at radius 3 is 2.28 bits per heavy atom. The second-order valence-corrected chi connectivity index (χ2v) is 11.4. The zero-order valence-electron chi connectivity index (χ0n) is 24.9. The predicted octanol–water partition coefficient (Wildman–Crippen LogP) is 6.00. The molecule has 2 fully saturated rings. The highest BCUT2D eigenvalue weighted by Gasteiger charge is 2.47. The number of nitrogens with one attached hydrogen (secondary N) is 2. The molecule has 14 heteroatoms. The van der Waals surface area contributed by atoms with Crippen molar-refractivity contribution in [3.8, 4) is 0 Å². The fourth-order valence-electron chi connectivity index (χ4n) is 5.55. The number of hydrogen-bond donors (Lipinski definition) is 2. The third-order valence-electron chi connectivity index (χ3n) is 8.21. The van der Waals surface area contributed by atoms with E-state index < -0.39 is 35.4 Å². The fourth-order valence-corrected chi connectivity index (χ4v) is 5.55. The number of carbonyl (C=O) groups is 2. The van der Waals surface area contributed by atoms with Crippen molar-refractivity contribution in [2.45, 2.75) is 24.4 Å². The maximum atomic E-state index is 13.9. The summed E-state index contributed by atoms with van der Waals surface area (Å²) in [5.74, 6) is -2.01. The van der Waals surface area contributed by atoms with Crippen molar-refractivity contribution in [1.82, 2.24) is 14.9 Å². The van der Waals surface area contributed by atoms with Crippen LogP contribution in [-0.4, -0.2) is 66.6 Å². The number of pyridine rings is 1. The van der Waals surface area contributed by atoms with Gasteiger partial charge in [0.1, 0.15) is 11.6 Å². The third kappa shape index (κ3) is 6.60. The molecule has 6 rings (SSSR count). The number of alkyl halides is 3. The molecule has 1 aliphatic heterocycles. The molecule has 2 aromatic carbocycles. The van der Waals surface area contributed by atoms with Gasteiger partial charge in [-0.15, -0.1) is 0 Å². The molecule has 4 aromatic rings. The number of piperazine rings is 1. The van der Waals surface area contributed by atoms with Gasteiger partial charge < -0.3 is 29.8 Å². The number of urea groups is 1. The van der Waals surface area contributed by atoms with E-state index in [1.54, 1.807) is 24.1 Å². The van der Waals surface area contributed by atoms with Crippen LogP contribution in [0.2, 0.25) is 0 Å². The Bertz CT molecular complexity index is 1700. The number of carbonyl (C=O) groups excluding carboxylic acids is 2. The molecule has 1 aliphatic carbocycles. The first kappa shape index (κ1) is 30.9. The molecule has 0 radical (unpaired) electrons. The second-order valence-electron chi connectivity index (χ2n) is 11.4. The quantitative estimate of drug-likeness (QED) is 0.228. The van der Waals surface area contributed by atoms with Gasteiger partial charge in [0, 0.05) is 45.2 Å². The summed E-state index contributed by atoms with van der Waals surface area (Å²) in [6.07, 6.45) is -1.82. The Morgan fingerprint density at radius 1 is 0.957 bits per heavy atom. The Balaban J connectivity index is 1.08. The van der Waals surface area contributed by atoms with Gasteiger partial charge in [-0.1, -0.05) is 42.5 Å². The highest BCUT2D eigenvalue weighted by molar-refractivity contribution is 6.03. The van der Waals surface area contributed by atoms with Crippen LogP contribution in [0.1, 0.15) is 34.7 Å².